The number of carbonyl (C=O) groups excluding carboxylic acids is 1. The molecule has 1 saturated heterocycles. The first-order chi connectivity index (χ1) is 8.26. The first-order valence-corrected chi connectivity index (χ1v) is 6.29. The van der Waals surface area contributed by atoms with Gasteiger partial charge in [-0.2, -0.15) is 0 Å². The van der Waals surface area contributed by atoms with E-state index in [0.29, 0.717) is 0 Å². The van der Waals surface area contributed by atoms with Crippen LogP contribution in [0.25, 0.3) is 0 Å². The molecule has 0 spiro atoms. The summed E-state index contributed by atoms with van der Waals surface area (Å²) in [7, 11) is 1.65. The van der Waals surface area contributed by atoms with Crippen LogP contribution >= 0.6 is 11.6 Å². The van der Waals surface area contributed by atoms with Gasteiger partial charge in [0.05, 0.1) is 13.2 Å². The average Bonchev–Trinajstić information content (AvgIpc) is 2.87. The van der Waals surface area contributed by atoms with Crippen molar-refractivity contribution in [3.8, 4) is 5.75 Å². The van der Waals surface area contributed by atoms with Gasteiger partial charge in [-0.25, -0.2) is 0 Å². The minimum absolute atomic E-state index is 0.0111. The van der Waals surface area contributed by atoms with Crippen molar-refractivity contribution in [1.29, 1.82) is 0 Å². The Kier molecular flexibility index (Phi) is 3.89. The number of benzene rings is 1. The molecule has 0 unspecified atom stereocenters. The number of amides is 1. The van der Waals surface area contributed by atoms with E-state index in [4.69, 9.17) is 16.3 Å². The number of hydrogen-bond acceptors (Lipinski definition) is 2. The lowest BCUT2D eigenvalue weighted by atomic mass is 10.0. The molecule has 4 heteroatoms. The van der Waals surface area contributed by atoms with Crippen molar-refractivity contribution in [1.82, 2.24) is 4.90 Å². The Bertz CT molecular complexity index is 408. The summed E-state index contributed by atoms with van der Waals surface area (Å²) in [6.45, 7) is 0.799. The third kappa shape index (κ3) is 2.55. The predicted molar refractivity (Wildman–Crippen MR) is 67.4 cm³/mol. The van der Waals surface area contributed by atoms with E-state index in [2.05, 4.69) is 0 Å². The highest BCUT2D eigenvalue weighted by molar-refractivity contribution is 6.27. The van der Waals surface area contributed by atoms with Gasteiger partial charge >= 0.3 is 0 Å². The molecule has 1 aliphatic rings. The third-order valence-corrected chi connectivity index (χ3v) is 3.39. The fourth-order valence-electron chi connectivity index (χ4n) is 2.34. The van der Waals surface area contributed by atoms with Crippen molar-refractivity contribution in [3.05, 3.63) is 29.8 Å². The van der Waals surface area contributed by atoms with Crippen molar-refractivity contribution in [2.24, 2.45) is 0 Å². The van der Waals surface area contributed by atoms with E-state index in [0.717, 1.165) is 30.7 Å². The van der Waals surface area contributed by atoms with Crippen LogP contribution in [0.15, 0.2) is 24.3 Å². The Labute approximate surface area is 106 Å². The highest BCUT2D eigenvalue weighted by Crippen LogP contribution is 2.33. The van der Waals surface area contributed by atoms with E-state index in [1.165, 1.54) is 0 Å². The Hall–Kier alpha value is -1.22. The molecular weight excluding hydrogens is 238 g/mol. The van der Waals surface area contributed by atoms with Gasteiger partial charge in [-0.3, -0.25) is 4.79 Å². The number of hydrogen-bond donors (Lipinski definition) is 0. The van der Waals surface area contributed by atoms with Gasteiger partial charge in [0, 0.05) is 6.54 Å². The summed E-state index contributed by atoms with van der Waals surface area (Å²) in [5.41, 5.74) is 1.13. The lowest BCUT2D eigenvalue weighted by Gasteiger charge is -2.24. The molecule has 1 amide bonds. The Morgan fingerprint density at radius 3 is 3.12 bits per heavy atom. The zero-order valence-electron chi connectivity index (χ0n) is 9.86. The summed E-state index contributed by atoms with van der Waals surface area (Å²) in [6, 6.07) is 8.04. The van der Waals surface area contributed by atoms with Gasteiger partial charge in [0.15, 0.2) is 0 Å². The second kappa shape index (κ2) is 5.41. The molecule has 1 aliphatic heterocycles. The average molecular weight is 254 g/mol. The quantitative estimate of drug-likeness (QED) is 0.775. The number of carbonyl (C=O) groups is 1. The van der Waals surface area contributed by atoms with Crippen molar-refractivity contribution in [2.45, 2.75) is 18.9 Å². The highest BCUT2D eigenvalue weighted by atomic mass is 35.5. The number of rotatable bonds is 3. The third-order valence-electron chi connectivity index (χ3n) is 3.17. The lowest BCUT2D eigenvalue weighted by Crippen LogP contribution is -2.31. The van der Waals surface area contributed by atoms with Gasteiger partial charge in [-0.1, -0.05) is 12.1 Å². The monoisotopic (exact) mass is 253 g/mol. The van der Waals surface area contributed by atoms with E-state index in [1.54, 1.807) is 7.11 Å². The van der Waals surface area contributed by atoms with Gasteiger partial charge in [-0.15, -0.1) is 11.6 Å². The standard InChI is InChI=1S/C13H16ClNO2/c1-17-11-5-2-4-10(8-11)12-6-3-7-15(12)13(16)9-14/h2,4-5,8,12H,3,6-7,9H2,1H3/t12-/m1/s1. The molecule has 17 heavy (non-hydrogen) atoms. The van der Waals surface area contributed by atoms with Gasteiger partial charge in [0.1, 0.15) is 11.6 Å². The second-order valence-electron chi connectivity index (χ2n) is 4.16. The molecule has 2 rings (SSSR count). The van der Waals surface area contributed by atoms with Crippen molar-refractivity contribution in [3.63, 3.8) is 0 Å². The zero-order valence-corrected chi connectivity index (χ0v) is 10.6. The molecule has 3 nitrogen and oxygen atoms in total. The summed E-state index contributed by atoms with van der Waals surface area (Å²) < 4.78 is 5.21. The molecule has 1 fully saturated rings. The van der Waals surface area contributed by atoms with E-state index < -0.39 is 0 Å². The summed E-state index contributed by atoms with van der Waals surface area (Å²) in [4.78, 5) is 13.6. The van der Waals surface area contributed by atoms with Crippen LogP contribution in [0, 0.1) is 0 Å². The molecule has 1 heterocycles. The van der Waals surface area contributed by atoms with E-state index in [9.17, 15) is 4.79 Å². The maximum atomic E-state index is 11.7. The van der Waals surface area contributed by atoms with Gasteiger partial charge in [-0.05, 0) is 30.5 Å². The molecule has 0 saturated carbocycles. The van der Waals surface area contributed by atoms with Gasteiger partial charge < -0.3 is 9.64 Å². The van der Waals surface area contributed by atoms with Crippen LogP contribution in [0.1, 0.15) is 24.4 Å². The Morgan fingerprint density at radius 2 is 2.41 bits per heavy atom. The minimum Gasteiger partial charge on any atom is -0.497 e. The summed E-state index contributed by atoms with van der Waals surface area (Å²) in [5, 5.41) is 0. The number of alkyl halides is 1. The number of likely N-dealkylation sites (tertiary alicyclic amines) is 1. The number of halogens is 1. The number of methoxy groups -OCH3 is 1. The molecule has 0 aromatic heterocycles. The molecule has 1 aromatic rings. The first-order valence-electron chi connectivity index (χ1n) is 5.75. The van der Waals surface area contributed by atoms with Crippen LogP contribution < -0.4 is 4.74 Å². The molecule has 0 aliphatic carbocycles. The Balaban J connectivity index is 2.22. The molecule has 0 bridgehead atoms. The molecule has 0 N–H and O–H groups in total. The SMILES string of the molecule is COc1cccc([C@H]2CCCN2C(=O)CCl)c1. The fourth-order valence-corrected chi connectivity index (χ4v) is 2.49. The topological polar surface area (TPSA) is 29.5 Å². The highest BCUT2D eigenvalue weighted by Gasteiger charge is 2.29. The second-order valence-corrected chi connectivity index (χ2v) is 4.42. The molecule has 1 atom stereocenters. The van der Waals surface area contributed by atoms with Crippen LogP contribution in [-0.2, 0) is 4.79 Å². The van der Waals surface area contributed by atoms with Gasteiger partial charge in [0.2, 0.25) is 5.91 Å². The maximum absolute atomic E-state index is 11.7. The smallest absolute Gasteiger partial charge is 0.238 e. The first kappa shape index (κ1) is 12.2. The van der Waals surface area contributed by atoms with Crippen LogP contribution in [0.2, 0.25) is 0 Å². The molecule has 92 valence electrons. The summed E-state index contributed by atoms with van der Waals surface area (Å²) in [6.07, 6.45) is 2.03. The van der Waals surface area contributed by atoms with Crippen LogP contribution in [0.3, 0.4) is 0 Å². The van der Waals surface area contributed by atoms with Crippen molar-refractivity contribution in [2.75, 3.05) is 19.5 Å². The van der Waals surface area contributed by atoms with E-state index in [-0.39, 0.29) is 17.8 Å². The minimum atomic E-state index is 0.0111. The largest absolute Gasteiger partial charge is 0.497 e. The fraction of sp³-hybridized carbons (Fsp3) is 0.462. The molecule has 0 radical (unpaired) electrons. The Morgan fingerprint density at radius 1 is 1.59 bits per heavy atom. The lowest BCUT2D eigenvalue weighted by molar-refractivity contribution is -0.129. The summed E-state index contributed by atoms with van der Waals surface area (Å²) in [5.74, 6) is 0.894. The van der Waals surface area contributed by atoms with Crippen LogP contribution in [0.4, 0.5) is 0 Å². The molecular formula is C13H16ClNO2. The van der Waals surface area contributed by atoms with E-state index >= 15 is 0 Å². The van der Waals surface area contributed by atoms with Crippen LogP contribution in [0.5, 0.6) is 5.75 Å². The normalized spacial score (nSPS) is 19.4. The maximum Gasteiger partial charge on any atom is 0.238 e. The van der Waals surface area contributed by atoms with Crippen molar-refractivity contribution >= 4 is 17.5 Å². The van der Waals surface area contributed by atoms with Gasteiger partial charge in [0.25, 0.3) is 0 Å². The number of nitrogens with zero attached hydrogens (tertiary/aromatic N) is 1. The number of ether oxygens (including phenoxy) is 1. The zero-order chi connectivity index (χ0) is 12.3. The molecule has 1 aromatic carbocycles. The van der Waals surface area contributed by atoms with Crippen molar-refractivity contribution < 1.29 is 9.53 Å². The van der Waals surface area contributed by atoms with Crippen LogP contribution in [-0.4, -0.2) is 30.3 Å². The summed E-state index contributed by atoms with van der Waals surface area (Å²) >= 11 is 5.63. The van der Waals surface area contributed by atoms with E-state index in [1.807, 2.05) is 29.2 Å². The predicted octanol–water partition coefficient (Wildman–Crippen LogP) is 2.60.